The smallest absolute Gasteiger partial charge is 0.303 e. The van der Waals surface area contributed by atoms with Crippen LogP contribution in [-0.2, 0) is 16.0 Å². The maximum Gasteiger partial charge on any atom is 0.303 e. The predicted octanol–water partition coefficient (Wildman–Crippen LogP) is 3.99. The van der Waals surface area contributed by atoms with Crippen LogP contribution in [0, 0.1) is 0 Å². The minimum absolute atomic E-state index is 0.0419. The topological polar surface area (TPSA) is 107 Å². The summed E-state index contributed by atoms with van der Waals surface area (Å²) in [5.41, 5.74) is 2.09. The maximum absolute atomic E-state index is 12.5. The molecular formula is C27H32N2O5S. The van der Waals surface area contributed by atoms with Crippen molar-refractivity contribution in [3.8, 4) is 0 Å². The Morgan fingerprint density at radius 2 is 1.94 bits per heavy atom. The van der Waals surface area contributed by atoms with E-state index in [4.69, 9.17) is 5.11 Å². The number of amides is 2. The fourth-order valence-electron chi connectivity index (χ4n) is 3.97. The quantitative estimate of drug-likeness (QED) is 0.286. The highest BCUT2D eigenvalue weighted by atomic mass is 32.2. The Kier molecular flexibility index (Phi) is 10.4. The van der Waals surface area contributed by atoms with Crippen molar-refractivity contribution in [3.63, 3.8) is 0 Å². The number of aliphatic hydroxyl groups is 1. The lowest BCUT2D eigenvalue weighted by Crippen LogP contribution is -2.34. The number of thioether (sulfide) groups is 1. The Morgan fingerprint density at radius 1 is 1.14 bits per heavy atom. The van der Waals surface area contributed by atoms with Gasteiger partial charge in [0.15, 0.2) is 0 Å². The largest absolute Gasteiger partial charge is 0.481 e. The predicted molar refractivity (Wildman–Crippen MR) is 139 cm³/mol. The van der Waals surface area contributed by atoms with Gasteiger partial charge >= 0.3 is 5.97 Å². The van der Waals surface area contributed by atoms with Crippen molar-refractivity contribution in [1.29, 1.82) is 0 Å². The van der Waals surface area contributed by atoms with Gasteiger partial charge in [-0.15, -0.1) is 0 Å². The maximum atomic E-state index is 12.5. The molecule has 2 amide bonds. The van der Waals surface area contributed by atoms with Crippen molar-refractivity contribution in [2.45, 2.75) is 44.2 Å². The number of aliphatic hydroxyl groups excluding tert-OH is 1. The average molecular weight is 497 g/mol. The van der Waals surface area contributed by atoms with Crippen molar-refractivity contribution in [2.24, 2.45) is 0 Å². The third-order valence-electron chi connectivity index (χ3n) is 5.75. The van der Waals surface area contributed by atoms with Crippen LogP contribution in [0.3, 0.4) is 0 Å². The van der Waals surface area contributed by atoms with Crippen LogP contribution < -0.4 is 5.32 Å². The zero-order valence-corrected chi connectivity index (χ0v) is 20.5. The van der Waals surface area contributed by atoms with E-state index in [2.05, 4.69) is 5.32 Å². The molecule has 0 saturated carbocycles. The van der Waals surface area contributed by atoms with Gasteiger partial charge in [0.1, 0.15) is 0 Å². The summed E-state index contributed by atoms with van der Waals surface area (Å²) in [5.74, 6) is 0.638. The molecule has 0 radical (unpaired) electrons. The number of anilines is 1. The zero-order valence-electron chi connectivity index (χ0n) is 19.6. The number of rotatable bonds is 13. The third kappa shape index (κ3) is 8.88. The Bertz CT molecular complexity index is 1030. The minimum Gasteiger partial charge on any atom is -0.481 e. The van der Waals surface area contributed by atoms with E-state index in [0.29, 0.717) is 31.4 Å². The number of carboxylic acid groups (broad SMARTS) is 1. The van der Waals surface area contributed by atoms with Crippen molar-refractivity contribution in [2.75, 3.05) is 23.4 Å². The fourth-order valence-corrected chi connectivity index (χ4v) is 4.85. The number of para-hydroxylation sites is 1. The van der Waals surface area contributed by atoms with Gasteiger partial charge in [0.05, 0.1) is 12.1 Å². The van der Waals surface area contributed by atoms with E-state index in [1.54, 1.807) is 36.0 Å². The molecule has 1 aliphatic rings. The Hall–Kier alpha value is -3.10. The van der Waals surface area contributed by atoms with Crippen LogP contribution in [0.5, 0.6) is 0 Å². The van der Waals surface area contributed by atoms with Gasteiger partial charge in [0.25, 0.3) is 5.91 Å². The summed E-state index contributed by atoms with van der Waals surface area (Å²) in [6, 6.07) is 16.4. The summed E-state index contributed by atoms with van der Waals surface area (Å²) in [6.07, 6.45) is 5.27. The van der Waals surface area contributed by atoms with E-state index in [1.807, 2.05) is 47.4 Å². The second-order valence-corrected chi connectivity index (χ2v) is 9.70. The Labute approximate surface area is 210 Å². The summed E-state index contributed by atoms with van der Waals surface area (Å²) in [4.78, 5) is 37.2. The first-order chi connectivity index (χ1) is 16.9. The average Bonchev–Trinajstić information content (AvgIpc) is 3.19. The number of aliphatic carboxylic acids is 1. The second-order valence-electron chi connectivity index (χ2n) is 8.48. The number of benzene rings is 2. The summed E-state index contributed by atoms with van der Waals surface area (Å²) in [6.45, 7) is 0.611. The summed E-state index contributed by atoms with van der Waals surface area (Å²) in [7, 11) is 0. The highest BCUT2D eigenvalue weighted by Crippen LogP contribution is 2.21. The first-order valence-electron chi connectivity index (χ1n) is 11.8. The minimum atomic E-state index is -0.786. The highest BCUT2D eigenvalue weighted by molar-refractivity contribution is 7.99. The lowest BCUT2D eigenvalue weighted by Gasteiger charge is -2.22. The van der Waals surface area contributed by atoms with Crippen LogP contribution in [-0.4, -0.2) is 63.1 Å². The highest BCUT2D eigenvalue weighted by Gasteiger charge is 2.28. The number of carboxylic acids is 1. The van der Waals surface area contributed by atoms with Crippen molar-refractivity contribution in [3.05, 3.63) is 77.9 Å². The number of carbonyl (C=O) groups excluding carboxylic acids is 2. The second kappa shape index (κ2) is 13.7. The van der Waals surface area contributed by atoms with Gasteiger partial charge in [-0.1, -0.05) is 42.5 Å². The van der Waals surface area contributed by atoms with Gasteiger partial charge in [-0.3, -0.25) is 14.4 Å². The van der Waals surface area contributed by atoms with E-state index in [-0.39, 0.29) is 24.3 Å². The summed E-state index contributed by atoms with van der Waals surface area (Å²) < 4.78 is 0. The van der Waals surface area contributed by atoms with Gasteiger partial charge < -0.3 is 20.4 Å². The first kappa shape index (κ1) is 26.5. The van der Waals surface area contributed by atoms with Crippen LogP contribution in [0.1, 0.15) is 41.6 Å². The molecule has 35 heavy (non-hydrogen) atoms. The molecule has 1 fully saturated rings. The molecule has 0 unspecified atom stereocenters. The number of hydrogen-bond donors (Lipinski definition) is 3. The molecule has 3 rings (SSSR count). The van der Waals surface area contributed by atoms with E-state index in [1.165, 1.54) is 0 Å². The Balaban J connectivity index is 1.48. The summed E-state index contributed by atoms with van der Waals surface area (Å²) in [5, 5.41) is 22.1. The van der Waals surface area contributed by atoms with E-state index < -0.39 is 12.1 Å². The molecule has 8 heteroatoms. The number of nitrogens with zero attached hydrogens (tertiary/aromatic N) is 1. The number of carbonyl (C=O) groups is 3. The first-order valence-corrected chi connectivity index (χ1v) is 13.0. The number of nitrogens with one attached hydrogen (secondary N) is 1. The Morgan fingerprint density at radius 3 is 2.71 bits per heavy atom. The van der Waals surface area contributed by atoms with Gasteiger partial charge in [0, 0.05) is 42.8 Å². The van der Waals surface area contributed by atoms with Crippen LogP contribution in [0.25, 0.3) is 0 Å². The monoisotopic (exact) mass is 496 g/mol. The van der Waals surface area contributed by atoms with E-state index in [0.717, 1.165) is 29.2 Å². The van der Waals surface area contributed by atoms with Crippen LogP contribution in [0.15, 0.2) is 66.7 Å². The van der Waals surface area contributed by atoms with Gasteiger partial charge in [-0.25, -0.2) is 0 Å². The van der Waals surface area contributed by atoms with E-state index >= 15 is 0 Å². The molecular weight excluding hydrogens is 464 g/mol. The molecule has 2 atom stereocenters. The molecule has 1 heterocycles. The zero-order chi connectivity index (χ0) is 25.0. The third-order valence-corrected chi connectivity index (χ3v) is 6.80. The fraction of sp³-hybridized carbons (Fsp3) is 0.370. The standard InChI is InChI=1S/C27H32N2O5S/c30-24(13-11-23-12-14-25(31)29(23)15-17-35-16-5-10-26(32)33)19-20-6-4-7-21(18-20)27(34)28-22-8-2-1-3-9-22/h1-4,6-9,11,13,18,23-24,30H,5,10,12,14-17,19H2,(H,28,34)(H,32,33)/b13-11+/t23-,24+/m0/s1. The van der Waals surface area contributed by atoms with Gasteiger partial charge in [0.2, 0.25) is 5.91 Å². The lowest BCUT2D eigenvalue weighted by molar-refractivity contribution is -0.137. The van der Waals surface area contributed by atoms with Crippen molar-refractivity contribution in [1.82, 2.24) is 4.90 Å². The molecule has 2 aromatic rings. The van der Waals surface area contributed by atoms with Crippen LogP contribution in [0.2, 0.25) is 0 Å². The van der Waals surface area contributed by atoms with Crippen molar-refractivity contribution < 1.29 is 24.6 Å². The molecule has 1 saturated heterocycles. The lowest BCUT2D eigenvalue weighted by atomic mass is 10.0. The van der Waals surface area contributed by atoms with Crippen molar-refractivity contribution >= 4 is 35.2 Å². The molecule has 0 aromatic heterocycles. The van der Waals surface area contributed by atoms with Gasteiger partial charge in [-0.2, -0.15) is 11.8 Å². The van der Waals surface area contributed by atoms with E-state index in [9.17, 15) is 19.5 Å². The number of likely N-dealkylation sites (tertiary alicyclic amines) is 1. The molecule has 186 valence electrons. The molecule has 0 bridgehead atoms. The number of hydrogen-bond acceptors (Lipinski definition) is 5. The normalized spacial score (nSPS) is 16.5. The SMILES string of the molecule is O=C(O)CCCSCCN1C(=O)CC[C@@H]1/C=C/[C@@H](O)Cc1cccc(C(=O)Nc2ccccc2)c1. The molecule has 1 aliphatic heterocycles. The van der Waals surface area contributed by atoms with Crippen LogP contribution >= 0.6 is 11.8 Å². The molecule has 7 nitrogen and oxygen atoms in total. The molecule has 0 aliphatic carbocycles. The van der Waals surface area contributed by atoms with Gasteiger partial charge in [-0.05, 0) is 48.4 Å². The molecule has 3 N–H and O–H groups in total. The summed E-state index contributed by atoms with van der Waals surface area (Å²) >= 11 is 1.65. The van der Waals surface area contributed by atoms with Crippen LogP contribution in [0.4, 0.5) is 5.69 Å². The molecule has 0 spiro atoms. The molecule has 2 aromatic carbocycles.